The Hall–Kier alpha value is -2.72. The maximum Gasteiger partial charge on any atom is 0.272 e. The van der Waals surface area contributed by atoms with E-state index >= 15 is 0 Å². The van der Waals surface area contributed by atoms with Gasteiger partial charge in [-0.05, 0) is 26.0 Å². The number of pyridine rings is 1. The van der Waals surface area contributed by atoms with E-state index in [1.54, 1.807) is 39.4 Å². The van der Waals surface area contributed by atoms with E-state index in [4.69, 9.17) is 0 Å². The highest BCUT2D eigenvalue weighted by atomic mass is 32.2. The second-order valence-corrected chi connectivity index (χ2v) is 8.97. The van der Waals surface area contributed by atoms with Crippen LogP contribution in [0, 0.1) is 0 Å². The van der Waals surface area contributed by atoms with Gasteiger partial charge in [0.2, 0.25) is 10.0 Å². The molecule has 3 rings (SSSR count). The van der Waals surface area contributed by atoms with Crippen LogP contribution in [0.4, 0.5) is 5.69 Å². The van der Waals surface area contributed by atoms with Gasteiger partial charge in [0.15, 0.2) is 5.65 Å². The maximum absolute atomic E-state index is 12.7. The van der Waals surface area contributed by atoms with Crippen molar-refractivity contribution < 1.29 is 13.2 Å². The third-order valence-electron chi connectivity index (χ3n) is 4.74. The van der Waals surface area contributed by atoms with Gasteiger partial charge in [-0.3, -0.25) is 4.79 Å². The number of aryl methyl sites for hydroxylation is 1. The third kappa shape index (κ3) is 3.90. The number of nitrogens with zero attached hydrogens (tertiary/aromatic N) is 5. The molecular weight excluding hydrogens is 392 g/mol. The molecule has 3 aromatic heterocycles. The third-order valence-corrected chi connectivity index (χ3v) is 6.75. The van der Waals surface area contributed by atoms with Crippen molar-refractivity contribution in [3.63, 3.8) is 0 Å². The van der Waals surface area contributed by atoms with E-state index in [-0.39, 0.29) is 16.6 Å². The van der Waals surface area contributed by atoms with E-state index in [9.17, 15) is 13.2 Å². The summed E-state index contributed by atoms with van der Waals surface area (Å²) in [5.41, 5.74) is 1.50. The molecule has 0 aliphatic carbocycles. The number of nitrogens with one attached hydrogen (secondary N) is 1. The van der Waals surface area contributed by atoms with Gasteiger partial charge in [-0.1, -0.05) is 13.8 Å². The summed E-state index contributed by atoms with van der Waals surface area (Å²) in [6.45, 7) is 8.33. The van der Waals surface area contributed by atoms with E-state index in [1.165, 1.54) is 21.1 Å². The van der Waals surface area contributed by atoms with Gasteiger partial charge >= 0.3 is 0 Å². The van der Waals surface area contributed by atoms with Crippen molar-refractivity contribution in [3.8, 4) is 0 Å². The predicted molar refractivity (Wildman–Crippen MR) is 111 cm³/mol. The lowest BCUT2D eigenvalue weighted by Crippen LogP contribution is -2.30. The van der Waals surface area contributed by atoms with Crippen molar-refractivity contribution in [1.82, 2.24) is 23.6 Å². The van der Waals surface area contributed by atoms with Crippen molar-refractivity contribution in [1.29, 1.82) is 0 Å². The van der Waals surface area contributed by atoms with Gasteiger partial charge in [0.25, 0.3) is 5.91 Å². The maximum atomic E-state index is 12.7. The first kappa shape index (κ1) is 21.0. The summed E-state index contributed by atoms with van der Waals surface area (Å²) in [5.74, 6) is -0.411. The molecular formula is C19H26N6O3S. The lowest BCUT2D eigenvalue weighted by atomic mass is 10.3. The number of carbonyl (C=O) groups excluding carboxylic acids is 1. The molecule has 3 aromatic rings. The second kappa shape index (κ2) is 7.96. The zero-order chi connectivity index (χ0) is 21.3. The Labute approximate surface area is 170 Å². The first-order valence-corrected chi connectivity index (χ1v) is 10.9. The molecule has 0 aliphatic heterocycles. The number of carbonyl (C=O) groups is 1. The van der Waals surface area contributed by atoms with Crippen LogP contribution in [0.5, 0.6) is 0 Å². The minimum atomic E-state index is -3.63. The molecule has 3 heterocycles. The van der Waals surface area contributed by atoms with E-state index in [0.29, 0.717) is 18.8 Å². The highest BCUT2D eigenvalue weighted by Crippen LogP contribution is 2.21. The molecule has 9 nitrogen and oxygen atoms in total. The molecule has 0 aliphatic rings. The van der Waals surface area contributed by atoms with Crippen molar-refractivity contribution in [2.75, 3.05) is 18.4 Å². The monoisotopic (exact) mass is 418 g/mol. The van der Waals surface area contributed by atoms with Crippen LogP contribution in [0.3, 0.4) is 0 Å². The summed E-state index contributed by atoms with van der Waals surface area (Å²) in [6, 6.07) is 3.36. The van der Waals surface area contributed by atoms with Gasteiger partial charge in [-0.15, -0.1) is 0 Å². The van der Waals surface area contributed by atoms with Crippen molar-refractivity contribution in [2.45, 2.75) is 38.6 Å². The number of aromatic nitrogens is 4. The summed E-state index contributed by atoms with van der Waals surface area (Å²) in [4.78, 5) is 17.2. The van der Waals surface area contributed by atoms with Gasteiger partial charge in [0.05, 0.1) is 18.1 Å². The number of rotatable bonds is 7. The number of amides is 1. The average Bonchev–Trinajstić information content (AvgIpc) is 3.26. The molecule has 1 N–H and O–H groups in total. The number of hydrogen-bond acceptors (Lipinski definition) is 5. The Balaban J connectivity index is 1.86. The summed E-state index contributed by atoms with van der Waals surface area (Å²) in [7, 11) is -1.99. The zero-order valence-electron chi connectivity index (χ0n) is 17.2. The number of anilines is 1. The normalized spacial score (nSPS) is 12.2. The number of fused-ring (bicyclic) bond motifs is 1. The minimum absolute atomic E-state index is 0.0978. The Morgan fingerprint density at radius 1 is 1.21 bits per heavy atom. The van der Waals surface area contributed by atoms with Crippen LogP contribution >= 0.6 is 0 Å². The van der Waals surface area contributed by atoms with Crippen LogP contribution in [0.25, 0.3) is 11.0 Å². The first-order valence-electron chi connectivity index (χ1n) is 9.50. The molecule has 29 heavy (non-hydrogen) atoms. The summed E-state index contributed by atoms with van der Waals surface area (Å²) < 4.78 is 30.1. The van der Waals surface area contributed by atoms with Gasteiger partial charge in [0, 0.05) is 37.8 Å². The van der Waals surface area contributed by atoms with Crippen molar-refractivity contribution in [2.24, 2.45) is 7.05 Å². The number of sulfonamides is 1. The molecule has 0 unspecified atom stereocenters. The van der Waals surface area contributed by atoms with Crippen molar-refractivity contribution >= 4 is 32.7 Å². The SMILES string of the molecule is CCN(CC)S(=O)(=O)c1cc(C(=O)Nc2cnc3c(cnn3C(C)C)c2)n(C)c1. The molecule has 0 radical (unpaired) electrons. The fourth-order valence-electron chi connectivity index (χ4n) is 3.20. The quantitative estimate of drug-likeness (QED) is 0.635. The Morgan fingerprint density at radius 3 is 2.52 bits per heavy atom. The molecule has 0 saturated heterocycles. The summed E-state index contributed by atoms with van der Waals surface area (Å²) in [6.07, 6.45) is 4.73. The van der Waals surface area contributed by atoms with Crippen LogP contribution < -0.4 is 5.32 Å². The Kier molecular flexibility index (Phi) is 5.76. The predicted octanol–water partition coefficient (Wildman–Crippen LogP) is 2.63. The molecule has 0 spiro atoms. The lowest BCUT2D eigenvalue weighted by Gasteiger charge is -2.17. The molecule has 0 saturated carbocycles. The highest BCUT2D eigenvalue weighted by molar-refractivity contribution is 7.89. The molecule has 0 bridgehead atoms. The molecule has 10 heteroatoms. The van der Waals surface area contributed by atoms with Crippen LogP contribution in [0.15, 0.2) is 35.6 Å². The van der Waals surface area contributed by atoms with Gasteiger partial charge in [-0.25, -0.2) is 18.1 Å². The van der Waals surface area contributed by atoms with Crippen LogP contribution in [0.1, 0.15) is 44.2 Å². The van der Waals surface area contributed by atoms with E-state index < -0.39 is 15.9 Å². The van der Waals surface area contributed by atoms with Gasteiger partial charge < -0.3 is 9.88 Å². The largest absolute Gasteiger partial charge is 0.345 e. The lowest BCUT2D eigenvalue weighted by molar-refractivity contribution is 0.101. The number of hydrogen-bond donors (Lipinski definition) is 1. The van der Waals surface area contributed by atoms with Crippen LogP contribution in [0.2, 0.25) is 0 Å². The summed E-state index contributed by atoms with van der Waals surface area (Å²) in [5, 5.41) is 7.91. The first-order chi connectivity index (χ1) is 13.7. The molecule has 0 aromatic carbocycles. The summed E-state index contributed by atoms with van der Waals surface area (Å²) >= 11 is 0. The van der Waals surface area contributed by atoms with E-state index in [2.05, 4.69) is 15.4 Å². The second-order valence-electron chi connectivity index (χ2n) is 7.04. The molecule has 156 valence electrons. The topological polar surface area (TPSA) is 102 Å². The van der Waals surface area contributed by atoms with Crippen molar-refractivity contribution in [3.05, 3.63) is 36.4 Å². The smallest absolute Gasteiger partial charge is 0.272 e. The standard InChI is InChI=1S/C19H26N6O3S/c1-6-24(7-2)29(27,28)16-9-17(23(5)12-16)19(26)22-15-8-14-10-21-25(13(3)4)18(14)20-11-15/h8-13H,6-7H2,1-5H3,(H,22,26). The van der Waals surface area contributed by atoms with E-state index in [1.807, 2.05) is 18.5 Å². The highest BCUT2D eigenvalue weighted by Gasteiger charge is 2.25. The van der Waals surface area contributed by atoms with E-state index in [0.717, 1.165) is 11.0 Å². The molecule has 0 atom stereocenters. The fraction of sp³-hybridized carbons (Fsp3) is 0.421. The average molecular weight is 419 g/mol. The van der Waals surface area contributed by atoms with Gasteiger partial charge in [0.1, 0.15) is 10.6 Å². The minimum Gasteiger partial charge on any atom is -0.345 e. The van der Waals surface area contributed by atoms with Crippen LogP contribution in [-0.2, 0) is 17.1 Å². The van der Waals surface area contributed by atoms with Gasteiger partial charge in [-0.2, -0.15) is 9.40 Å². The molecule has 0 fully saturated rings. The van der Waals surface area contributed by atoms with Crippen LogP contribution in [-0.4, -0.2) is 51.1 Å². The Bertz CT molecular complexity index is 1140. The fourth-order valence-corrected chi connectivity index (χ4v) is 4.72. The zero-order valence-corrected chi connectivity index (χ0v) is 18.1. The Morgan fingerprint density at radius 2 is 1.90 bits per heavy atom. The molecule has 1 amide bonds.